The van der Waals surface area contributed by atoms with Crippen molar-refractivity contribution in [3.8, 4) is 11.5 Å². The molecule has 13 heteroatoms. The summed E-state index contributed by atoms with van der Waals surface area (Å²) >= 11 is 0. The highest BCUT2D eigenvalue weighted by atomic mass is 16.8. The van der Waals surface area contributed by atoms with Crippen molar-refractivity contribution in [1.29, 1.82) is 0 Å². The van der Waals surface area contributed by atoms with Gasteiger partial charge in [-0.2, -0.15) is 0 Å². The van der Waals surface area contributed by atoms with Crippen LogP contribution in [0.2, 0.25) is 0 Å². The van der Waals surface area contributed by atoms with Crippen LogP contribution in [0.5, 0.6) is 11.5 Å². The highest BCUT2D eigenvalue weighted by molar-refractivity contribution is 6.28. The summed E-state index contributed by atoms with van der Waals surface area (Å²) in [5, 5.41) is 55.1. The van der Waals surface area contributed by atoms with Gasteiger partial charge in [-0.1, -0.05) is 26.0 Å². The molecule has 13 nitrogen and oxygen atoms in total. The molecule has 2 aliphatic rings. The zero-order valence-electron chi connectivity index (χ0n) is 25.4. The number of phenols is 1. The van der Waals surface area contributed by atoms with Gasteiger partial charge in [-0.05, 0) is 44.0 Å². The van der Waals surface area contributed by atoms with Crippen molar-refractivity contribution in [2.75, 3.05) is 0 Å². The summed E-state index contributed by atoms with van der Waals surface area (Å²) in [5.41, 5.74) is -0.638. The summed E-state index contributed by atoms with van der Waals surface area (Å²) in [6, 6.07) is 7.89. The number of hydrogen-bond acceptors (Lipinski definition) is 13. The molecule has 0 aliphatic carbocycles. The molecular formula is C33H34O13. The lowest BCUT2D eigenvalue weighted by Crippen LogP contribution is -2.62. The molecular weight excluding hydrogens is 604 g/mol. The van der Waals surface area contributed by atoms with Crippen molar-refractivity contribution in [1.82, 2.24) is 0 Å². The van der Waals surface area contributed by atoms with Crippen LogP contribution in [0.25, 0.3) is 43.5 Å². The second-order valence-electron chi connectivity index (χ2n) is 12.2. The Labute approximate surface area is 260 Å². The zero-order chi connectivity index (χ0) is 32.8. The van der Waals surface area contributed by atoms with Gasteiger partial charge >= 0.3 is 11.3 Å². The molecule has 2 saturated heterocycles. The molecule has 5 aromatic rings. The molecule has 0 bridgehead atoms. The second-order valence-corrected chi connectivity index (χ2v) is 12.2. The minimum atomic E-state index is -1.56. The first-order chi connectivity index (χ1) is 21.9. The molecule has 4 heterocycles. The van der Waals surface area contributed by atoms with Crippen LogP contribution in [0.3, 0.4) is 0 Å². The average molecular weight is 639 g/mol. The normalized spacial score (nSPS) is 32.2. The van der Waals surface area contributed by atoms with E-state index in [0.717, 1.165) is 5.56 Å². The Morgan fingerprint density at radius 1 is 0.761 bits per heavy atom. The first kappa shape index (κ1) is 30.8. The number of aryl methyl sites for hydroxylation is 1. The Bertz CT molecular complexity index is 2070. The number of benzene rings is 3. The van der Waals surface area contributed by atoms with Gasteiger partial charge in [-0.15, -0.1) is 0 Å². The summed E-state index contributed by atoms with van der Waals surface area (Å²) in [7, 11) is 0. The highest BCUT2D eigenvalue weighted by Crippen LogP contribution is 2.45. The molecule has 0 spiro atoms. The Balaban J connectivity index is 1.39. The van der Waals surface area contributed by atoms with Gasteiger partial charge < -0.3 is 53.3 Å². The summed E-state index contributed by atoms with van der Waals surface area (Å²) in [6.45, 7) is 6.66. The number of fused-ring (bicyclic) bond motifs is 2. The fraction of sp³-hybridized carbons (Fsp3) is 0.455. The third kappa shape index (κ3) is 4.57. The van der Waals surface area contributed by atoms with E-state index in [-0.39, 0.29) is 43.8 Å². The smallest absolute Gasteiger partial charge is 0.348 e. The topological polar surface area (TPSA) is 198 Å². The summed E-state index contributed by atoms with van der Waals surface area (Å²) in [4.78, 5) is 26.6. The number of phenolic OH excluding ortho intramolecular Hbond substituents is 1. The molecule has 5 N–H and O–H groups in total. The molecule has 0 radical (unpaired) electrons. The predicted molar refractivity (Wildman–Crippen MR) is 163 cm³/mol. The van der Waals surface area contributed by atoms with Gasteiger partial charge in [-0.3, -0.25) is 0 Å². The molecule has 2 aromatic heterocycles. The van der Waals surface area contributed by atoms with Crippen molar-refractivity contribution in [2.24, 2.45) is 5.92 Å². The van der Waals surface area contributed by atoms with Crippen LogP contribution in [0.1, 0.15) is 33.3 Å². The molecule has 10 atom stereocenters. The molecule has 46 heavy (non-hydrogen) atoms. The van der Waals surface area contributed by atoms with E-state index < -0.39 is 78.2 Å². The van der Waals surface area contributed by atoms with E-state index in [4.69, 9.17) is 27.8 Å². The van der Waals surface area contributed by atoms with Gasteiger partial charge in [-0.25, -0.2) is 9.59 Å². The number of rotatable bonds is 5. The largest absolute Gasteiger partial charge is 0.506 e. The Kier molecular flexibility index (Phi) is 7.48. The number of aromatic hydroxyl groups is 1. The zero-order valence-corrected chi connectivity index (χ0v) is 25.4. The maximum Gasteiger partial charge on any atom is 0.348 e. The van der Waals surface area contributed by atoms with Gasteiger partial charge in [0.15, 0.2) is 18.0 Å². The van der Waals surface area contributed by atoms with Crippen LogP contribution in [0, 0.1) is 5.92 Å². The second kappa shape index (κ2) is 11.2. The fourth-order valence-electron chi connectivity index (χ4n) is 6.65. The molecule has 4 unspecified atom stereocenters. The first-order valence-corrected chi connectivity index (χ1v) is 15.2. The fourth-order valence-corrected chi connectivity index (χ4v) is 6.65. The Hall–Kier alpha value is -3.82. The third-order valence-electron chi connectivity index (χ3n) is 9.37. The quantitative estimate of drug-likeness (QED) is 0.107. The summed E-state index contributed by atoms with van der Waals surface area (Å²) in [6.07, 6.45) is -10.4. The van der Waals surface area contributed by atoms with Crippen molar-refractivity contribution < 1.29 is 53.3 Å². The maximum absolute atomic E-state index is 13.4. The molecule has 0 amide bonds. The molecule has 0 saturated carbocycles. The minimum absolute atomic E-state index is 0.0316. The molecule has 3 aromatic carbocycles. The van der Waals surface area contributed by atoms with E-state index in [1.807, 2.05) is 6.92 Å². The third-order valence-corrected chi connectivity index (χ3v) is 9.37. The van der Waals surface area contributed by atoms with Gasteiger partial charge in [0.2, 0.25) is 6.29 Å². The molecule has 7 rings (SSSR count). The van der Waals surface area contributed by atoms with Crippen molar-refractivity contribution in [3.63, 3.8) is 0 Å². The van der Waals surface area contributed by atoms with Gasteiger partial charge in [0.05, 0.1) is 29.1 Å². The predicted octanol–water partition coefficient (Wildman–Crippen LogP) is 2.24. The molecule has 244 valence electrons. The Morgan fingerprint density at radius 2 is 1.48 bits per heavy atom. The van der Waals surface area contributed by atoms with Crippen LogP contribution in [-0.4, -0.2) is 80.8 Å². The van der Waals surface area contributed by atoms with E-state index in [1.165, 1.54) is 25.1 Å². The van der Waals surface area contributed by atoms with E-state index in [0.29, 0.717) is 11.8 Å². The van der Waals surface area contributed by atoms with Crippen molar-refractivity contribution in [2.45, 2.75) is 89.4 Å². The number of aliphatic hydroxyl groups excluding tert-OH is 4. The van der Waals surface area contributed by atoms with Crippen molar-refractivity contribution in [3.05, 3.63) is 56.7 Å². The van der Waals surface area contributed by atoms with Crippen LogP contribution in [0.15, 0.2) is 48.8 Å². The monoisotopic (exact) mass is 638 g/mol. The van der Waals surface area contributed by atoms with Gasteiger partial charge in [0, 0.05) is 22.1 Å². The number of ether oxygens (including phenoxy) is 4. The Morgan fingerprint density at radius 3 is 2.22 bits per heavy atom. The number of aliphatic hydroxyl groups is 4. The average Bonchev–Trinajstić information content (AvgIpc) is 3.03. The standard InChI is InChI=1S/C33H34O13/c1-5-14-9-16-19-18(10-14)43-31(40)22-21(19)28(45-30(16)39)20-15(26(22)37)7-6-8-17(20)44-33-29(27(38)25(36)13(4)42-33)46-32-24(35)11(2)23(34)12(3)41-32/h6-13,23-25,27,29,32-38H,5H2,1-4H3/t11?,12?,13?,23-,24-,25+,27+,29?,32-,33+/m1/s1. The lowest BCUT2D eigenvalue weighted by molar-refractivity contribution is -0.346. The molecule has 2 fully saturated rings. The highest BCUT2D eigenvalue weighted by Gasteiger charge is 2.49. The minimum Gasteiger partial charge on any atom is -0.506 e. The SMILES string of the molecule is CCc1cc2oc(=O)c3c(O)c4cccc(O[C@@H]5OC(C)[C@H](O)[C@H](O)C5O[C@H]5OC(C)[C@H](O)C(C)[C@H]5O)c4c4oc(=O)c(c1)c2c34. The van der Waals surface area contributed by atoms with Gasteiger partial charge in [0.1, 0.15) is 40.8 Å². The van der Waals surface area contributed by atoms with E-state index in [9.17, 15) is 35.1 Å². The molecule has 2 aliphatic heterocycles. The van der Waals surface area contributed by atoms with Gasteiger partial charge in [0.25, 0.3) is 0 Å². The number of hydrogen-bond donors (Lipinski definition) is 5. The van der Waals surface area contributed by atoms with E-state index in [1.54, 1.807) is 26.0 Å². The van der Waals surface area contributed by atoms with E-state index in [2.05, 4.69) is 0 Å². The maximum atomic E-state index is 13.4. The van der Waals surface area contributed by atoms with Crippen molar-refractivity contribution >= 4 is 43.5 Å². The van der Waals surface area contributed by atoms with Crippen LogP contribution >= 0.6 is 0 Å². The summed E-state index contributed by atoms with van der Waals surface area (Å²) < 4.78 is 35.4. The first-order valence-electron chi connectivity index (χ1n) is 15.2. The van der Waals surface area contributed by atoms with Crippen LogP contribution in [-0.2, 0) is 20.6 Å². The summed E-state index contributed by atoms with van der Waals surface area (Å²) in [5.74, 6) is -1.02. The van der Waals surface area contributed by atoms with E-state index >= 15 is 0 Å². The van der Waals surface area contributed by atoms with Crippen LogP contribution in [0.4, 0.5) is 0 Å². The lowest BCUT2D eigenvalue weighted by atomic mass is 9.91. The lowest BCUT2D eigenvalue weighted by Gasteiger charge is -2.45. The van der Waals surface area contributed by atoms with Crippen LogP contribution < -0.4 is 16.0 Å².